The third-order valence-electron chi connectivity index (χ3n) is 2.03. The fraction of sp³-hybridized carbons (Fsp3) is 0.333. The predicted molar refractivity (Wildman–Crippen MR) is 66.1 cm³/mol. The molecule has 0 unspecified atom stereocenters. The topological polar surface area (TPSA) is 137 Å². The average molecular weight is 274 g/mol. The van der Waals surface area contributed by atoms with Crippen molar-refractivity contribution in [2.45, 2.75) is 6.54 Å². The molecule has 1 aromatic rings. The van der Waals surface area contributed by atoms with Gasteiger partial charge >= 0.3 is 0 Å². The van der Waals surface area contributed by atoms with E-state index in [1.807, 2.05) is 0 Å². The molecular formula is C9H14N4O4S. The fourth-order valence-electron chi connectivity index (χ4n) is 1.22. The monoisotopic (exact) mass is 274 g/mol. The van der Waals surface area contributed by atoms with Gasteiger partial charge in [0, 0.05) is 24.5 Å². The fourth-order valence-corrected chi connectivity index (χ4v) is 1.60. The molecule has 0 saturated carbocycles. The average Bonchev–Trinajstić information content (AvgIpc) is 2.21. The van der Waals surface area contributed by atoms with Crippen molar-refractivity contribution >= 4 is 21.6 Å². The van der Waals surface area contributed by atoms with Gasteiger partial charge in [-0.25, -0.2) is 13.6 Å². The second-order valence-corrected chi connectivity index (χ2v) is 5.38. The van der Waals surface area contributed by atoms with Crippen molar-refractivity contribution in [3.63, 3.8) is 0 Å². The first kappa shape index (κ1) is 14.2. The number of carbonyl (C=O) groups excluding carboxylic acids is 1. The Labute approximate surface area is 104 Å². The van der Waals surface area contributed by atoms with Crippen molar-refractivity contribution in [1.82, 2.24) is 9.88 Å². The van der Waals surface area contributed by atoms with Crippen LogP contribution in [0.15, 0.2) is 23.1 Å². The number of nitrogens with two attached hydrogens (primary N) is 2. The van der Waals surface area contributed by atoms with Crippen molar-refractivity contribution in [2.75, 3.05) is 18.0 Å². The van der Waals surface area contributed by atoms with Gasteiger partial charge in [0.15, 0.2) is 0 Å². The van der Waals surface area contributed by atoms with E-state index in [1.54, 1.807) is 0 Å². The molecule has 0 aliphatic heterocycles. The molecular weight excluding hydrogens is 260 g/mol. The van der Waals surface area contributed by atoms with Crippen LogP contribution < -0.4 is 21.7 Å². The Bertz CT molecular complexity index is 593. The van der Waals surface area contributed by atoms with Gasteiger partial charge in [-0.15, -0.1) is 0 Å². The number of nitrogens with one attached hydrogen (secondary N) is 1. The largest absolute Gasteiger partial charge is 0.398 e. The number of hydrogen-bond acceptors (Lipinski definition) is 5. The maximum absolute atomic E-state index is 11.4. The van der Waals surface area contributed by atoms with E-state index in [1.165, 1.54) is 18.3 Å². The molecule has 0 aliphatic rings. The Hall–Kier alpha value is -1.87. The minimum atomic E-state index is -3.61. The molecule has 0 bridgehead atoms. The molecule has 1 heterocycles. The summed E-state index contributed by atoms with van der Waals surface area (Å²) in [6.07, 6.45) is 1.33. The first-order valence-corrected chi connectivity index (χ1v) is 6.72. The van der Waals surface area contributed by atoms with E-state index in [0.717, 1.165) is 4.57 Å². The van der Waals surface area contributed by atoms with Crippen LogP contribution in [-0.2, 0) is 21.4 Å². The lowest BCUT2D eigenvalue weighted by molar-refractivity contribution is -0.121. The van der Waals surface area contributed by atoms with E-state index >= 15 is 0 Å². The van der Waals surface area contributed by atoms with Crippen LogP contribution in [0.5, 0.6) is 0 Å². The van der Waals surface area contributed by atoms with Crippen LogP contribution in [-0.4, -0.2) is 31.2 Å². The molecule has 1 aromatic heterocycles. The molecule has 9 heteroatoms. The number of pyridine rings is 1. The van der Waals surface area contributed by atoms with E-state index < -0.39 is 15.9 Å². The summed E-state index contributed by atoms with van der Waals surface area (Å²) in [5.41, 5.74) is 5.46. The minimum Gasteiger partial charge on any atom is -0.398 e. The Balaban J connectivity index is 2.55. The van der Waals surface area contributed by atoms with Crippen LogP contribution in [0.25, 0.3) is 0 Å². The number of primary sulfonamides is 1. The summed E-state index contributed by atoms with van der Waals surface area (Å²) in [5, 5.41) is 7.10. The first-order valence-electron chi connectivity index (χ1n) is 5.01. The molecule has 8 nitrogen and oxygen atoms in total. The standard InChI is InChI=1S/C9H14N4O4S/c10-7-1-2-9(15)13(5-7)6-8(14)12-3-4-18(11,16)17/h1-2,5H,3-4,6,10H2,(H,12,14)(H2,11,16,17). The highest BCUT2D eigenvalue weighted by Crippen LogP contribution is 1.95. The lowest BCUT2D eigenvalue weighted by Gasteiger charge is -2.07. The van der Waals surface area contributed by atoms with Gasteiger partial charge in [0.1, 0.15) is 6.54 Å². The molecule has 0 atom stereocenters. The number of rotatable bonds is 5. The molecule has 0 aromatic carbocycles. The van der Waals surface area contributed by atoms with E-state index in [0.29, 0.717) is 5.69 Å². The third-order valence-corrected chi connectivity index (χ3v) is 2.80. The molecule has 0 saturated heterocycles. The highest BCUT2D eigenvalue weighted by molar-refractivity contribution is 7.89. The van der Waals surface area contributed by atoms with Crippen molar-refractivity contribution in [3.8, 4) is 0 Å². The van der Waals surface area contributed by atoms with E-state index in [-0.39, 0.29) is 24.4 Å². The summed E-state index contributed by atoms with van der Waals surface area (Å²) in [6, 6.07) is 2.67. The summed E-state index contributed by atoms with van der Waals surface area (Å²) in [4.78, 5) is 22.8. The summed E-state index contributed by atoms with van der Waals surface area (Å²) >= 11 is 0. The van der Waals surface area contributed by atoms with Gasteiger partial charge in [0.25, 0.3) is 5.56 Å². The second kappa shape index (κ2) is 5.65. The zero-order valence-electron chi connectivity index (χ0n) is 9.50. The van der Waals surface area contributed by atoms with Gasteiger partial charge in [0.2, 0.25) is 15.9 Å². The molecule has 0 aliphatic carbocycles. The van der Waals surface area contributed by atoms with Crippen LogP contribution in [0.4, 0.5) is 5.69 Å². The third kappa shape index (κ3) is 4.97. The molecule has 1 rings (SSSR count). The molecule has 5 N–H and O–H groups in total. The number of sulfonamides is 1. The highest BCUT2D eigenvalue weighted by atomic mass is 32.2. The van der Waals surface area contributed by atoms with Crippen molar-refractivity contribution in [1.29, 1.82) is 0 Å². The zero-order valence-corrected chi connectivity index (χ0v) is 10.3. The predicted octanol–water partition coefficient (Wildman–Crippen LogP) is -2.16. The Morgan fingerprint density at radius 2 is 2.06 bits per heavy atom. The van der Waals surface area contributed by atoms with Gasteiger partial charge in [-0.05, 0) is 6.07 Å². The molecule has 0 fully saturated rings. The molecule has 0 radical (unpaired) electrons. The lowest BCUT2D eigenvalue weighted by atomic mass is 10.4. The Kier molecular flexibility index (Phi) is 4.45. The number of carbonyl (C=O) groups is 1. The maximum atomic E-state index is 11.4. The zero-order chi connectivity index (χ0) is 13.8. The summed E-state index contributed by atoms with van der Waals surface area (Å²) in [6.45, 7) is -0.330. The van der Waals surface area contributed by atoms with Crippen LogP contribution in [0.3, 0.4) is 0 Å². The van der Waals surface area contributed by atoms with Crippen LogP contribution in [0.1, 0.15) is 0 Å². The van der Waals surface area contributed by atoms with Crippen LogP contribution in [0, 0.1) is 0 Å². The SMILES string of the molecule is Nc1ccc(=O)n(CC(=O)NCCS(N)(=O)=O)c1. The van der Waals surface area contributed by atoms with Gasteiger partial charge in [0.05, 0.1) is 5.75 Å². The van der Waals surface area contributed by atoms with Crippen molar-refractivity contribution in [3.05, 3.63) is 28.7 Å². The number of amides is 1. The number of nitrogen functional groups attached to an aromatic ring is 1. The lowest BCUT2D eigenvalue weighted by Crippen LogP contribution is -2.35. The maximum Gasteiger partial charge on any atom is 0.251 e. The Morgan fingerprint density at radius 3 is 2.67 bits per heavy atom. The summed E-state index contributed by atoms with van der Waals surface area (Å²) in [7, 11) is -3.61. The minimum absolute atomic E-state index is 0.102. The van der Waals surface area contributed by atoms with Gasteiger partial charge in [-0.1, -0.05) is 0 Å². The van der Waals surface area contributed by atoms with Crippen LogP contribution in [0.2, 0.25) is 0 Å². The summed E-state index contributed by atoms with van der Waals surface area (Å²) in [5.74, 6) is -0.851. The van der Waals surface area contributed by atoms with Gasteiger partial charge < -0.3 is 15.6 Å². The normalized spacial score (nSPS) is 11.2. The molecule has 0 spiro atoms. The number of anilines is 1. The first-order chi connectivity index (χ1) is 8.28. The van der Waals surface area contributed by atoms with Crippen molar-refractivity contribution in [2.24, 2.45) is 5.14 Å². The Morgan fingerprint density at radius 1 is 1.39 bits per heavy atom. The second-order valence-electron chi connectivity index (χ2n) is 3.65. The van der Waals surface area contributed by atoms with Gasteiger partial charge in [-0.2, -0.15) is 0 Å². The number of aromatic nitrogens is 1. The number of hydrogen-bond donors (Lipinski definition) is 3. The number of nitrogens with zero attached hydrogens (tertiary/aromatic N) is 1. The van der Waals surface area contributed by atoms with E-state index in [9.17, 15) is 18.0 Å². The van der Waals surface area contributed by atoms with Crippen LogP contribution >= 0.6 is 0 Å². The molecule has 1 amide bonds. The van der Waals surface area contributed by atoms with Gasteiger partial charge in [-0.3, -0.25) is 9.59 Å². The molecule has 18 heavy (non-hydrogen) atoms. The quantitative estimate of drug-likeness (QED) is 0.561. The van der Waals surface area contributed by atoms with E-state index in [4.69, 9.17) is 10.9 Å². The highest BCUT2D eigenvalue weighted by Gasteiger charge is 2.07. The summed E-state index contributed by atoms with van der Waals surface area (Å²) < 4.78 is 22.4. The smallest absolute Gasteiger partial charge is 0.251 e. The van der Waals surface area contributed by atoms with Crippen molar-refractivity contribution < 1.29 is 13.2 Å². The molecule has 100 valence electrons. The van der Waals surface area contributed by atoms with E-state index in [2.05, 4.69) is 5.32 Å².